The number of hydrogen-bond acceptors (Lipinski definition) is 4. The van der Waals surface area contributed by atoms with Crippen LogP contribution < -0.4 is 0 Å². The molecule has 0 unspecified atom stereocenters. The zero-order chi connectivity index (χ0) is 20.2. The Labute approximate surface area is 167 Å². The summed E-state index contributed by atoms with van der Waals surface area (Å²) < 4.78 is 41.6. The van der Waals surface area contributed by atoms with E-state index in [1.165, 1.54) is 12.1 Å². The molecule has 0 bridgehead atoms. The van der Waals surface area contributed by atoms with Crippen LogP contribution in [0.2, 0.25) is 0 Å². The normalized spacial score (nSPS) is 17.3. The Kier molecular flexibility index (Phi) is 4.06. The lowest BCUT2D eigenvalue weighted by molar-refractivity contribution is 0.0847. The average Bonchev–Trinajstić information content (AvgIpc) is 3.29. The highest BCUT2D eigenvalue weighted by Crippen LogP contribution is 2.31. The van der Waals surface area contributed by atoms with Crippen molar-refractivity contribution in [3.8, 4) is 5.69 Å². The van der Waals surface area contributed by atoms with Crippen LogP contribution in [0.1, 0.15) is 39.3 Å². The third kappa shape index (κ3) is 2.95. The summed E-state index contributed by atoms with van der Waals surface area (Å²) >= 11 is 0. The van der Waals surface area contributed by atoms with Crippen LogP contribution in [0, 0.1) is 5.82 Å². The minimum absolute atomic E-state index is 0.0912. The Morgan fingerprint density at radius 2 is 1.79 bits per heavy atom. The Balaban J connectivity index is 1.55. The van der Waals surface area contributed by atoms with Crippen molar-refractivity contribution >= 4 is 15.9 Å². The highest BCUT2D eigenvalue weighted by atomic mass is 32.2. The number of sulfonamides is 1. The molecule has 0 atom stereocenters. The zero-order valence-electron chi connectivity index (χ0n) is 15.5. The molecule has 1 aliphatic heterocycles. The summed E-state index contributed by atoms with van der Waals surface area (Å²) in [6.45, 7) is -0.0912. The first kappa shape index (κ1) is 18.1. The van der Waals surface area contributed by atoms with Gasteiger partial charge in [0, 0.05) is 11.3 Å². The van der Waals surface area contributed by atoms with Crippen LogP contribution in [-0.4, -0.2) is 28.4 Å². The van der Waals surface area contributed by atoms with Gasteiger partial charge in [0.05, 0.1) is 23.7 Å². The first-order valence-electron chi connectivity index (χ1n) is 9.42. The Morgan fingerprint density at radius 1 is 1.03 bits per heavy atom. The van der Waals surface area contributed by atoms with E-state index < -0.39 is 15.9 Å². The van der Waals surface area contributed by atoms with Gasteiger partial charge in [-0.25, -0.2) is 21.8 Å². The van der Waals surface area contributed by atoms with Gasteiger partial charge < -0.3 is 0 Å². The van der Waals surface area contributed by atoms with Crippen molar-refractivity contribution in [3.05, 3.63) is 82.4 Å². The maximum atomic E-state index is 13.3. The van der Waals surface area contributed by atoms with Crippen LogP contribution in [0.3, 0.4) is 0 Å². The molecule has 6 nitrogen and oxygen atoms in total. The van der Waals surface area contributed by atoms with Crippen molar-refractivity contribution in [3.63, 3.8) is 0 Å². The number of carbonyl (C=O) groups excluding carboxylic acids is 1. The number of nitrogens with zero attached hydrogens (tertiary/aromatic N) is 3. The maximum absolute atomic E-state index is 13.3. The van der Waals surface area contributed by atoms with Crippen molar-refractivity contribution in [1.29, 1.82) is 0 Å². The van der Waals surface area contributed by atoms with E-state index in [9.17, 15) is 17.6 Å². The van der Waals surface area contributed by atoms with E-state index >= 15 is 0 Å². The summed E-state index contributed by atoms with van der Waals surface area (Å²) in [5.74, 6) is -1.05. The van der Waals surface area contributed by atoms with Crippen molar-refractivity contribution in [2.45, 2.75) is 31.6 Å². The van der Waals surface area contributed by atoms with Crippen molar-refractivity contribution < 1.29 is 17.6 Å². The van der Waals surface area contributed by atoms with Crippen LogP contribution in [0.25, 0.3) is 5.69 Å². The molecule has 1 aliphatic carbocycles. The number of fused-ring (bicyclic) bond motifs is 2. The first-order chi connectivity index (χ1) is 13.9. The van der Waals surface area contributed by atoms with Crippen LogP contribution in [0.5, 0.6) is 0 Å². The molecule has 3 aromatic rings. The molecule has 0 saturated carbocycles. The Hall–Kier alpha value is -3.00. The molecule has 2 aliphatic rings. The van der Waals surface area contributed by atoms with E-state index in [-0.39, 0.29) is 18.1 Å². The third-order valence-corrected chi connectivity index (χ3v) is 7.17. The maximum Gasteiger partial charge on any atom is 0.268 e. The molecule has 148 valence electrons. The highest BCUT2D eigenvalue weighted by Gasteiger charge is 2.37. The van der Waals surface area contributed by atoms with Crippen molar-refractivity contribution in [2.24, 2.45) is 0 Å². The van der Waals surface area contributed by atoms with Gasteiger partial charge in [-0.1, -0.05) is 18.2 Å². The molecule has 29 heavy (non-hydrogen) atoms. The second-order valence-electron chi connectivity index (χ2n) is 7.34. The summed E-state index contributed by atoms with van der Waals surface area (Å²) in [6, 6.07) is 12.8. The van der Waals surface area contributed by atoms with Crippen LogP contribution >= 0.6 is 0 Å². The number of rotatable bonds is 3. The number of hydrogen-bond donors (Lipinski definition) is 0. The fourth-order valence-electron chi connectivity index (χ4n) is 4.13. The molecule has 0 radical (unpaired) electrons. The number of halogens is 1. The molecule has 0 spiro atoms. The zero-order valence-corrected chi connectivity index (χ0v) is 16.3. The summed E-state index contributed by atoms with van der Waals surface area (Å²) in [6.07, 6.45) is 2.53. The topological polar surface area (TPSA) is 72.3 Å². The average molecular weight is 411 g/mol. The number of amides is 1. The molecule has 1 aromatic heterocycles. The predicted octanol–water partition coefficient (Wildman–Crippen LogP) is 2.99. The van der Waals surface area contributed by atoms with Gasteiger partial charge in [0.25, 0.3) is 5.91 Å². The van der Waals surface area contributed by atoms with Gasteiger partial charge in [-0.15, -0.1) is 0 Å². The molecule has 8 heteroatoms. The lowest BCUT2D eigenvalue weighted by atomic mass is 10.1. The molecule has 0 fully saturated rings. The predicted molar refractivity (Wildman–Crippen MR) is 104 cm³/mol. The van der Waals surface area contributed by atoms with Crippen LogP contribution in [-0.2, 0) is 35.2 Å². The molecule has 2 aromatic carbocycles. The second-order valence-corrected chi connectivity index (χ2v) is 9.23. The minimum atomic E-state index is -3.78. The number of benzene rings is 2. The van der Waals surface area contributed by atoms with Gasteiger partial charge in [0.1, 0.15) is 5.82 Å². The second kappa shape index (κ2) is 6.52. The molecular formula is C21H18FN3O3S. The largest absolute Gasteiger partial charge is 0.268 e. The van der Waals surface area contributed by atoms with E-state index in [0.29, 0.717) is 22.5 Å². The minimum Gasteiger partial charge on any atom is -0.268 e. The van der Waals surface area contributed by atoms with Gasteiger partial charge in [0.15, 0.2) is 0 Å². The van der Waals surface area contributed by atoms with Gasteiger partial charge in [-0.2, -0.15) is 5.10 Å². The SMILES string of the molecule is O=C1c2ccccc2CS(=O)(=O)N1Cc1nn(-c2ccc(F)cc2)c2c1CCC2. The summed E-state index contributed by atoms with van der Waals surface area (Å²) in [4.78, 5) is 12.9. The van der Waals surface area contributed by atoms with E-state index in [4.69, 9.17) is 0 Å². The monoisotopic (exact) mass is 411 g/mol. The van der Waals surface area contributed by atoms with Crippen LogP contribution in [0.15, 0.2) is 48.5 Å². The summed E-state index contributed by atoms with van der Waals surface area (Å²) in [7, 11) is -3.78. The smallest absolute Gasteiger partial charge is 0.268 e. The van der Waals surface area contributed by atoms with Crippen molar-refractivity contribution in [1.82, 2.24) is 14.1 Å². The lowest BCUT2D eigenvalue weighted by Gasteiger charge is -2.27. The quantitative estimate of drug-likeness (QED) is 0.664. The Morgan fingerprint density at radius 3 is 2.59 bits per heavy atom. The summed E-state index contributed by atoms with van der Waals surface area (Å²) in [5, 5.41) is 4.62. The standard InChI is InChI=1S/C21H18FN3O3S/c22-15-8-10-16(11-9-15)25-20-7-3-6-18(20)19(23-25)12-24-21(26)17-5-2-1-4-14(17)13-29(24,27)28/h1-2,4-5,8-11H,3,6-7,12-13H2. The first-order valence-corrected chi connectivity index (χ1v) is 11.0. The fourth-order valence-corrected chi connectivity index (χ4v) is 5.60. The van der Waals surface area contributed by atoms with Gasteiger partial charge in [-0.3, -0.25) is 4.79 Å². The molecule has 1 amide bonds. The van der Waals surface area contributed by atoms with E-state index in [1.54, 1.807) is 41.1 Å². The van der Waals surface area contributed by atoms with Crippen molar-refractivity contribution in [2.75, 3.05) is 0 Å². The van der Waals surface area contributed by atoms with E-state index in [1.807, 2.05) is 0 Å². The Bertz CT molecular complexity index is 1230. The number of carbonyl (C=O) groups is 1. The van der Waals surface area contributed by atoms with E-state index in [0.717, 1.165) is 34.8 Å². The van der Waals surface area contributed by atoms with Gasteiger partial charge in [-0.05, 0) is 60.7 Å². The van der Waals surface area contributed by atoms with Gasteiger partial charge in [0.2, 0.25) is 10.0 Å². The molecule has 2 heterocycles. The molecular weight excluding hydrogens is 393 g/mol. The highest BCUT2D eigenvalue weighted by molar-refractivity contribution is 7.89. The molecule has 0 saturated heterocycles. The lowest BCUT2D eigenvalue weighted by Crippen LogP contribution is -2.41. The third-order valence-electron chi connectivity index (χ3n) is 5.53. The number of aromatic nitrogens is 2. The summed E-state index contributed by atoms with van der Waals surface area (Å²) in [5.41, 5.74) is 4.21. The fraction of sp³-hybridized carbons (Fsp3) is 0.238. The molecule has 0 N–H and O–H groups in total. The van der Waals surface area contributed by atoms with Crippen LogP contribution in [0.4, 0.5) is 4.39 Å². The molecule has 5 rings (SSSR count). The van der Waals surface area contributed by atoms with E-state index in [2.05, 4.69) is 5.10 Å². The van der Waals surface area contributed by atoms with Gasteiger partial charge >= 0.3 is 0 Å².